The summed E-state index contributed by atoms with van der Waals surface area (Å²) in [4.78, 5) is 141. The number of hydrogen-bond acceptors (Lipinski definition) is 17. The van der Waals surface area contributed by atoms with Gasteiger partial charge in [-0.2, -0.15) is 25.3 Å². The van der Waals surface area contributed by atoms with Gasteiger partial charge in [-0.3, -0.25) is 43.2 Å². The maximum absolute atomic E-state index is 14.0. The fourth-order valence-corrected chi connectivity index (χ4v) is 7.67. The number of nitrogens with two attached hydrogens (primary N) is 2. The first-order valence-electron chi connectivity index (χ1n) is 22.4. The molecule has 1 aliphatic heterocycles. The molecular weight excluding hydrogens is 973 g/mol. The topological polar surface area (TPSA) is 420 Å². The highest BCUT2D eigenvalue weighted by Gasteiger charge is 2.39. The van der Waals surface area contributed by atoms with E-state index in [1.54, 1.807) is 13.8 Å². The molecule has 28 heteroatoms. The molecule has 0 aliphatic carbocycles. The lowest BCUT2D eigenvalue weighted by Crippen LogP contribution is -2.62. The van der Waals surface area contributed by atoms with Crippen molar-refractivity contribution in [3.8, 4) is 5.75 Å². The number of thiol groups is 2. The average Bonchev–Trinajstić information content (AvgIpc) is 4.03. The number of hydrogen-bond donors (Lipinski definition) is 16. The predicted molar refractivity (Wildman–Crippen MR) is 258 cm³/mol. The van der Waals surface area contributed by atoms with Gasteiger partial charge >= 0.3 is 5.97 Å². The molecule has 392 valence electrons. The summed E-state index contributed by atoms with van der Waals surface area (Å²) >= 11 is 7.97. The molecule has 0 spiro atoms. The van der Waals surface area contributed by atoms with Crippen LogP contribution < -0.4 is 48.7 Å². The van der Waals surface area contributed by atoms with Crippen molar-refractivity contribution < 1.29 is 68.4 Å². The number of aromatic hydroxyl groups is 1. The van der Waals surface area contributed by atoms with E-state index < -0.39 is 133 Å². The van der Waals surface area contributed by atoms with Crippen LogP contribution in [-0.2, 0) is 60.8 Å². The number of carbonyl (C=O) groups excluding carboxylic acids is 9. The Morgan fingerprint density at radius 3 is 1.86 bits per heavy atom. The second kappa shape index (κ2) is 28.4. The molecule has 2 heterocycles. The normalized spacial score (nSPS) is 17.1. The minimum absolute atomic E-state index is 0.0291. The van der Waals surface area contributed by atoms with Gasteiger partial charge < -0.3 is 79.0 Å². The number of phenolic OH excluding ortho intramolecular Hbond substituents is 1. The van der Waals surface area contributed by atoms with E-state index in [-0.39, 0.29) is 55.4 Å². The molecule has 1 saturated heterocycles. The first kappa shape index (κ1) is 58.8. The van der Waals surface area contributed by atoms with Crippen molar-refractivity contribution in [1.82, 2.24) is 52.1 Å². The van der Waals surface area contributed by atoms with Crippen LogP contribution in [0.1, 0.15) is 57.7 Å². The number of aliphatic carboxylic acids is 1. The highest BCUT2D eigenvalue weighted by Crippen LogP contribution is 2.19. The second-order valence-electron chi connectivity index (χ2n) is 17.2. The summed E-state index contributed by atoms with van der Waals surface area (Å²) in [5, 5.41) is 56.5. The summed E-state index contributed by atoms with van der Waals surface area (Å²) in [6.07, 6.45) is 0.534. The summed E-state index contributed by atoms with van der Waals surface area (Å²) in [6.45, 7) is 3.76. The number of benzene rings is 1. The lowest BCUT2D eigenvalue weighted by molar-refractivity contribution is -0.142. The summed E-state index contributed by atoms with van der Waals surface area (Å²) in [7, 11) is 0. The fourth-order valence-electron chi connectivity index (χ4n) is 7.27. The highest BCUT2D eigenvalue weighted by atomic mass is 32.1. The number of imidazole rings is 1. The number of H-pyrrole nitrogens is 1. The minimum atomic E-state index is -1.87. The number of carbonyl (C=O) groups is 10. The third-order valence-corrected chi connectivity index (χ3v) is 11.8. The second-order valence-corrected chi connectivity index (χ2v) is 18.0. The van der Waals surface area contributed by atoms with E-state index in [2.05, 4.69) is 72.4 Å². The highest BCUT2D eigenvalue weighted by molar-refractivity contribution is 7.80. The van der Waals surface area contributed by atoms with Crippen LogP contribution in [0.5, 0.6) is 5.75 Å². The molecule has 0 saturated carbocycles. The molecule has 71 heavy (non-hydrogen) atoms. The Kier molecular flexibility index (Phi) is 23.5. The number of aromatic amines is 1. The zero-order valence-corrected chi connectivity index (χ0v) is 41.0. The Bertz CT molecular complexity index is 2190. The van der Waals surface area contributed by atoms with Crippen LogP contribution in [-0.4, -0.2) is 180 Å². The number of primary amides is 1. The van der Waals surface area contributed by atoms with E-state index in [9.17, 15) is 68.4 Å². The van der Waals surface area contributed by atoms with Crippen LogP contribution >= 0.6 is 25.3 Å². The van der Waals surface area contributed by atoms with Gasteiger partial charge in [-0.05, 0) is 49.8 Å². The van der Waals surface area contributed by atoms with Crippen molar-refractivity contribution in [1.29, 1.82) is 0 Å². The number of likely N-dealkylation sites (tertiary alicyclic amines) is 1. The van der Waals surface area contributed by atoms with E-state index in [4.69, 9.17) is 11.5 Å². The molecule has 0 bridgehead atoms. The molecule has 1 aromatic heterocycles. The molecule has 1 aromatic carbocycles. The van der Waals surface area contributed by atoms with Crippen molar-refractivity contribution in [3.63, 3.8) is 0 Å². The largest absolute Gasteiger partial charge is 0.508 e. The predicted octanol–water partition coefficient (Wildman–Crippen LogP) is -5.15. The van der Waals surface area contributed by atoms with Gasteiger partial charge in [0.05, 0.1) is 31.5 Å². The van der Waals surface area contributed by atoms with Gasteiger partial charge in [-0.1, -0.05) is 26.0 Å². The van der Waals surface area contributed by atoms with Gasteiger partial charge in [0, 0.05) is 42.8 Å². The summed E-state index contributed by atoms with van der Waals surface area (Å²) in [5.41, 5.74) is 12.1. The molecule has 1 fully saturated rings. The van der Waals surface area contributed by atoms with Crippen LogP contribution in [0.2, 0.25) is 0 Å². The number of carboxylic acids is 1. The molecular formula is C43H64N12O14S2. The van der Waals surface area contributed by atoms with Crippen molar-refractivity contribution in [2.45, 2.75) is 120 Å². The van der Waals surface area contributed by atoms with E-state index >= 15 is 0 Å². The average molecular weight is 1040 g/mol. The van der Waals surface area contributed by atoms with Gasteiger partial charge in [-0.25, -0.2) is 9.78 Å². The summed E-state index contributed by atoms with van der Waals surface area (Å²) in [6, 6.07) is -7.96. The van der Waals surface area contributed by atoms with E-state index in [0.717, 1.165) is 6.92 Å². The molecule has 2 aromatic rings. The van der Waals surface area contributed by atoms with Gasteiger partial charge in [0.15, 0.2) is 0 Å². The van der Waals surface area contributed by atoms with Gasteiger partial charge in [0.25, 0.3) is 0 Å². The number of carboxylic acid groups (broad SMARTS) is 1. The van der Waals surface area contributed by atoms with Crippen LogP contribution in [0, 0.1) is 5.92 Å². The van der Waals surface area contributed by atoms with Crippen molar-refractivity contribution in [2.24, 2.45) is 17.4 Å². The first-order chi connectivity index (χ1) is 33.5. The number of amides is 9. The quantitative estimate of drug-likeness (QED) is 0.0355. The number of nitrogens with one attached hydrogen (secondary N) is 8. The monoisotopic (exact) mass is 1040 g/mol. The molecule has 26 nitrogen and oxygen atoms in total. The third-order valence-electron chi connectivity index (χ3n) is 11.0. The lowest BCUT2D eigenvalue weighted by Gasteiger charge is -2.29. The Balaban J connectivity index is 1.84. The Morgan fingerprint density at radius 2 is 1.31 bits per heavy atom. The van der Waals surface area contributed by atoms with Crippen LogP contribution in [0.25, 0.3) is 0 Å². The minimum Gasteiger partial charge on any atom is -0.508 e. The Morgan fingerprint density at radius 1 is 0.761 bits per heavy atom. The number of aliphatic hydroxyl groups excluding tert-OH is 2. The molecule has 0 unspecified atom stereocenters. The first-order valence-corrected chi connectivity index (χ1v) is 23.7. The van der Waals surface area contributed by atoms with E-state index in [1.807, 2.05) is 0 Å². The van der Waals surface area contributed by atoms with E-state index in [1.165, 1.54) is 41.7 Å². The SMILES string of the molecule is CC(C)C[C@H](NC(=O)[C@H](Cc1cnc[nH]1)NC(=O)[C@@H]1CCCN1C(=O)[C@@H](N)CS)C(=O)N[C@@H](CO)C(=O)N[C@@H](CC(N)=O)C(=O)N[C@@H](Cc1ccc(O)cc1)C(=O)N[C@H](C(=O)N[C@@H](CS)C(=O)O)[C@@H](C)O. The molecule has 3 rings (SSSR count). The molecule has 16 N–H and O–H groups in total. The zero-order chi connectivity index (χ0) is 53.1. The van der Waals surface area contributed by atoms with Gasteiger partial charge in [-0.15, -0.1) is 0 Å². The standard InChI is InChI=1S/C43H64N12O14S2/c1-20(2)11-26(48-36(61)28(13-23-15-46-19-47-23)51-40(65)32-5-4-10-55(32)42(67)25(44)17-70)35(60)52-30(16-56)39(64)50-29(14-33(45)59)37(62)49-27(12-22-6-8-24(58)9-7-22)38(63)54-34(21(3)57)41(66)53-31(18-71)43(68)69/h6-9,15,19-21,25-32,34,56-58,70-71H,4-5,10-14,16-18,44H2,1-3H3,(H2,45,59)(H,46,47)(H,48,61)(H,49,62)(H,50,64)(H,51,65)(H,52,60)(H,53,66)(H,54,63)(H,68,69)/t21-,25+,26+,27+,28+,29+,30+,31+,32+,34+/m1/s1. The summed E-state index contributed by atoms with van der Waals surface area (Å²) < 4.78 is 0. The Labute approximate surface area is 419 Å². The van der Waals surface area contributed by atoms with Crippen LogP contribution in [0.4, 0.5) is 0 Å². The van der Waals surface area contributed by atoms with Gasteiger partial charge in [0.2, 0.25) is 53.2 Å². The van der Waals surface area contributed by atoms with Gasteiger partial charge in [0.1, 0.15) is 54.1 Å². The number of aliphatic hydroxyl groups is 2. The van der Waals surface area contributed by atoms with Crippen molar-refractivity contribution in [2.75, 3.05) is 24.7 Å². The summed E-state index contributed by atoms with van der Waals surface area (Å²) in [5.74, 6) is -10.9. The maximum atomic E-state index is 14.0. The molecule has 1 aliphatic rings. The lowest BCUT2D eigenvalue weighted by atomic mass is 10.0. The Hall–Kier alpha value is -6.49. The number of aromatic nitrogens is 2. The number of phenols is 1. The number of nitrogens with zero attached hydrogens (tertiary/aromatic N) is 2. The zero-order valence-electron chi connectivity index (χ0n) is 39.2. The molecule has 0 radical (unpaired) electrons. The van der Waals surface area contributed by atoms with Crippen molar-refractivity contribution >= 4 is 84.4 Å². The maximum Gasteiger partial charge on any atom is 0.327 e. The van der Waals surface area contributed by atoms with Crippen molar-refractivity contribution in [3.05, 3.63) is 48.0 Å². The fraction of sp³-hybridized carbons (Fsp3) is 0.558. The van der Waals surface area contributed by atoms with Crippen LogP contribution in [0.15, 0.2) is 36.8 Å². The molecule has 9 amide bonds. The van der Waals surface area contributed by atoms with E-state index in [0.29, 0.717) is 17.7 Å². The number of rotatable bonds is 28. The smallest absolute Gasteiger partial charge is 0.327 e. The third kappa shape index (κ3) is 18.3. The molecule has 10 atom stereocenters. The van der Waals surface area contributed by atoms with Crippen LogP contribution in [0.3, 0.4) is 0 Å².